The van der Waals surface area contributed by atoms with Gasteiger partial charge in [-0.15, -0.1) is 0 Å². The minimum Gasteiger partial charge on any atom is -0.496 e. The van der Waals surface area contributed by atoms with Gasteiger partial charge in [-0.05, 0) is 42.0 Å². The van der Waals surface area contributed by atoms with Crippen molar-refractivity contribution in [1.29, 1.82) is 0 Å². The highest BCUT2D eigenvalue weighted by atomic mass is 35.5. The van der Waals surface area contributed by atoms with Crippen molar-refractivity contribution in [3.63, 3.8) is 0 Å². The second-order valence-corrected chi connectivity index (χ2v) is 5.99. The average molecular weight is 377 g/mol. The summed E-state index contributed by atoms with van der Waals surface area (Å²) in [5.74, 6) is 1.99. The van der Waals surface area contributed by atoms with Crippen molar-refractivity contribution in [2.75, 3.05) is 19.6 Å². The molecule has 0 fully saturated rings. The molecule has 0 saturated carbocycles. The summed E-state index contributed by atoms with van der Waals surface area (Å²) in [6.07, 6.45) is 0. The molecule has 25 heavy (non-hydrogen) atoms. The molecule has 0 unspecified atom stereocenters. The van der Waals surface area contributed by atoms with E-state index >= 15 is 0 Å². The third-order valence-corrected chi connectivity index (χ3v) is 4.25. The van der Waals surface area contributed by atoms with Gasteiger partial charge in [0.2, 0.25) is 4.77 Å². The maximum absolute atomic E-state index is 6.17. The zero-order valence-electron chi connectivity index (χ0n) is 13.7. The van der Waals surface area contributed by atoms with E-state index in [0.717, 1.165) is 11.1 Å². The van der Waals surface area contributed by atoms with Crippen LogP contribution >= 0.6 is 23.8 Å². The number of methoxy groups -OCH3 is 2. The normalized spacial score (nSPS) is 10.5. The van der Waals surface area contributed by atoms with Gasteiger partial charge in [0.1, 0.15) is 11.5 Å². The molecule has 0 radical (unpaired) electrons. The Hall–Kier alpha value is -2.51. The molecule has 8 heteroatoms. The van der Waals surface area contributed by atoms with Crippen LogP contribution in [0.25, 0.3) is 11.4 Å². The lowest BCUT2D eigenvalue weighted by molar-refractivity contribution is 0.415. The van der Waals surface area contributed by atoms with Gasteiger partial charge in [0, 0.05) is 0 Å². The first-order valence-corrected chi connectivity index (χ1v) is 8.29. The molecule has 3 rings (SSSR count). The molecular weight excluding hydrogens is 360 g/mol. The van der Waals surface area contributed by atoms with Gasteiger partial charge in [0.25, 0.3) is 0 Å². The second-order valence-electron chi connectivity index (χ2n) is 5.19. The molecule has 0 amide bonds. The van der Waals surface area contributed by atoms with Crippen LogP contribution in [0.3, 0.4) is 0 Å². The van der Waals surface area contributed by atoms with Crippen LogP contribution in [0.2, 0.25) is 5.02 Å². The zero-order chi connectivity index (χ0) is 17.8. The zero-order valence-corrected chi connectivity index (χ0v) is 15.3. The lowest BCUT2D eigenvalue weighted by atomic mass is 10.2. The third kappa shape index (κ3) is 3.62. The predicted octanol–water partition coefficient (Wildman–Crippen LogP) is 4.02. The van der Waals surface area contributed by atoms with Gasteiger partial charge in [0.05, 0.1) is 31.4 Å². The van der Waals surface area contributed by atoms with E-state index in [-0.39, 0.29) is 0 Å². The summed E-state index contributed by atoms with van der Waals surface area (Å²) in [6, 6.07) is 13.2. The Bertz CT molecular complexity index is 938. The Morgan fingerprint density at radius 1 is 1.16 bits per heavy atom. The van der Waals surface area contributed by atoms with Crippen LogP contribution in [0.5, 0.6) is 11.5 Å². The first kappa shape index (κ1) is 17.3. The summed E-state index contributed by atoms with van der Waals surface area (Å²) in [6.45, 7) is 0.514. The molecule has 0 aliphatic rings. The lowest BCUT2D eigenvalue weighted by Gasteiger charge is -2.13. The highest BCUT2D eigenvalue weighted by molar-refractivity contribution is 7.71. The van der Waals surface area contributed by atoms with Gasteiger partial charge in [-0.1, -0.05) is 29.8 Å². The summed E-state index contributed by atoms with van der Waals surface area (Å²) >= 11 is 11.5. The van der Waals surface area contributed by atoms with Crippen LogP contribution < -0.4 is 14.9 Å². The predicted molar refractivity (Wildman–Crippen MR) is 100 cm³/mol. The summed E-state index contributed by atoms with van der Waals surface area (Å²) in [4.78, 5) is 0. The molecule has 6 nitrogen and oxygen atoms in total. The van der Waals surface area contributed by atoms with Crippen molar-refractivity contribution in [3.8, 4) is 22.9 Å². The van der Waals surface area contributed by atoms with Crippen molar-refractivity contribution in [2.45, 2.75) is 6.54 Å². The maximum atomic E-state index is 6.17. The van der Waals surface area contributed by atoms with Crippen LogP contribution in [0.15, 0.2) is 42.5 Å². The Morgan fingerprint density at radius 2 is 1.92 bits per heavy atom. The highest BCUT2D eigenvalue weighted by Gasteiger charge is 2.13. The number of hydrogen-bond donors (Lipinski definition) is 2. The summed E-state index contributed by atoms with van der Waals surface area (Å²) in [7, 11) is 3.21. The number of nitrogens with one attached hydrogen (secondary N) is 2. The molecule has 0 atom stereocenters. The molecule has 1 heterocycles. The van der Waals surface area contributed by atoms with Crippen LogP contribution in [0.4, 0.5) is 0 Å². The molecule has 2 N–H and O–H groups in total. The van der Waals surface area contributed by atoms with E-state index < -0.39 is 0 Å². The standard InChI is InChI=1S/C17H17ClN4O2S/c1-23-14-6-4-3-5-12(14)16-20-21-17(25)22(16)19-10-11-7-8-15(24-2)13(18)9-11/h3-9,19H,10H2,1-2H3,(H,21,25). The maximum Gasteiger partial charge on any atom is 0.214 e. The topological polar surface area (TPSA) is 64.1 Å². The molecular formula is C17H17ClN4O2S. The van der Waals surface area contributed by atoms with Crippen LogP contribution in [0.1, 0.15) is 5.56 Å². The molecule has 130 valence electrons. The van der Waals surface area contributed by atoms with Crippen LogP contribution in [-0.2, 0) is 6.54 Å². The third-order valence-electron chi connectivity index (χ3n) is 3.68. The molecule has 0 aliphatic carbocycles. The number of aromatic nitrogens is 3. The van der Waals surface area contributed by atoms with E-state index in [4.69, 9.17) is 33.3 Å². The van der Waals surface area contributed by atoms with Gasteiger partial charge in [0.15, 0.2) is 5.82 Å². The number of halogens is 1. The Balaban J connectivity index is 1.88. The molecule has 2 aromatic carbocycles. The summed E-state index contributed by atoms with van der Waals surface area (Å²) < 4.78 is 12.7. The van der Waals surface area contributed by atoms with Crippen molar-refractivity contribution in [3.05, 3.63) is 57.8 Å². The van der Waals surface area contributed by atoms with E-state index in [0.29, 0.717) is 33.7 Å². The van der Waals surface area contributed by atoms with E-state index in [2.05, 4.69) is 15.6 Å². The molecule has 0 bridgehead atoms. The number of nitrogens with zero attached hydrogens (tertiary/aromatic N) is 2. The van der Waals surface area contributed by atoms with Gasteiger partial charge < -0.3 is 14.9 Å². The fourth-order valence-corrected chi connectivity index (χ4v) is 2.92. The van der Waals surface area contributed by atoms with Crippen molar-refractivity contribution in [2.24, 2.45) is 0 Å². The average Bonchev–Trinajstić information content (AvgIpc) is 3.00. The van der Waals surface area contributed by atoms with Crippen molar-refractivity contribution < 1.29 is 9.47 Å². The van der Waals surface area contributed by atoms with Crippen molar-refractivity contribution >= 4 is 23.8 Å². The number of rotatable bonds is 6. The minimum atomic E-state index is 0.459. The number of para-hydroxylation sites is 1. The molecule has 3 aromatic rings. The number of hydrogen-bond acceptors (Lipinski definition) is 5. The second kappa shape index (κ2) is 7.58. The van der Waals surface area contributed by atoms with Gasteiger partial charge in [-0.2, -0.15) is 5.10 Å². The fraction of sp³-hybridized carbons (Fsp3) is 0.176. The van der Waals surface area contributed by atoms with Gasteiger partial charge in [-0.25, -0.2) is 9.77 Å². The number of H-pyrrole nitrogens is 1. The Kier molecular flexibility index (Phi) is 5.25. The molecule has 0 aliphatic heterocycles. The number of aromatic amines is 1. The molecule has 0 spiro atoms. The van der Waals surface area contributed by atoms with E-state index in [9.17, 15) is 0 Å². The lowest BCUT2D eigenvalue weighted by Crippen LogP contribution is -2.16. The van der Waals surface area contributed by atoms with Crippen molar-refractivity contribution in [1.82, 2.24) is 14.9 Å². The Morgan fingerprint density at radius 3 is 2.64 bits per heavy atom. The smallest absolute Gasteiger partial charge is 0.214 e. The van der Waals surface area contributed by atoms with E-state index in [1.54, 1.807) is 18.9 Å². The van der Waals surface area contributed by atoms with E-state index in [1.807, 2.05) is 42.5 Å². The van der Waals surface area contributed by atoms with E-state index in [1.165, 1.54) is 0 Å². The SMILES string of the molecule is COc1ccc(CNn2c(-c3ccccc3OC)n[nH]c2=S)cc1Cl. The summed E-state index contributed by atoms with van der Waals surface area (Å²) in [5.41, 5.74) is 5.07. The van der Waals surface area contributed by atoms with Crippen LogP contribution in [-0.4, -0.2) is 29.1 Å². The molecule has 1 aromatic heterocycles. The fourth-order valence-electron chi connectivity index (χ4n) is 2.44. The number of ether oxygens (including phenoxy) is 2. The van der Waals surface area contributed by atoms with Gasteiger partial charge >= 0.3 is 0 Å². The summed E-state index contributed by atoms with van der Waals surface area (Å²) in [5, 5.41) is 7.67. The quantitative estimate of drug-likeness (QED) is 0.636. The first-order chi connectivity index (χ1) is 12.1. The number of benzene rings is 2. The molecule has 0 saturated heterocycles. The Labute approximate surface area is 155 Å². The largest absolute Gasteiger partial charge is 0.496 e. The highest BCUT2D eigenvalue weighted by Crippen LogP contribution is 2.28. The van der Waals surface area contributed by atoms with Gasteiger partial charge in [-0.3, -0.25) is 0 Å². The minimum absolute atomic E-state index is 0.459. The first-order valence-electron chi connectivity index (χ1n) is 7.51. The van der Waals surface area contributed by atoms with Crippen LogP contribution in [0, 0.1) is 4.77 Å². The monoisotopic (exact) mass is 376 g/mol.